The molecule has 0 aliphatic carbocycles. The first-order valence-corrected chi connectivity index (χ1v) is 7.67. The Labute approximate surface area is 111 Å². The molecule has 0 bridgehead atoms. The molecule has 2 heterocycles. The SMILES string of the molecule is CCC1(CC)CCN(C(=O)CCC2CCNC2)C1. The van der Waals surface area contributed by atoms with Gasteiger partial charge in [0.05, 0.1) is 0 Å². The van der Waals surface area contributed by atoms with Crippen molar-refractivity contribution in [1.29, 1.82) is 0 Å². The summed E-state index contributed by atoms with van der Waals surface area (Å²) in [5.41, 5.74) is 0.421. The van der Waals surface area contributed by atoms with E-state index in [2.05, 4.69) is 24.1 Å². The molecule has 2 saturated heterocycles. The van der Waals surface area contributed by atoms with Crippen LogP contribution in [0, 0.1) is 11.3 Å². The molecule has 1 amide bonds. The minimum Gasteiger partial charge on any atom is -0.342 e. The first kappa shape index (κ1) is 13.9. The number of carbonyl (C=O) groups is 1. The van der Waals surface area contributed by atoms with Gasteiger partial charge >= 0.3 is 0 Å². The molecular weight excluding hydrogens is 224 g/mol. The summed E-state index contributed by atoms with van der Waals surface area (Å²) in [6, 6.07) is 0. The zero-order chi connectivity index (χ0) is 13.0. The van der Waals surface area contributed by atoms with Crippen molar-refractivity contribution in [3.05, 3.63) is 0 Å². The van der Waals surface area contributed by atoms with Crippen LogP contribution in [0.4, 0.5) is 0 Å². The largest absolute Gasteiger partial charge is 0.342 e. The smallest absolute Gasteiger partial charge is 0.222 e. The number of hydrogen-bond acceptors (Lipinski definition) is 2. The standard InChI is InChI=1S/C15H28N2O/c1-3-15(4-2)8-10-17(12-15)14(18)6-5-13-7-9-16-11-13/h13,16H,3-12H2,1-2H3. The van der Waals surface area contributed by atoms with Gasteiger partial charge in [-0.3, -0.25) is 4.79 Å². The molecule has 3 nitrogen and oxygen atoms in total. The lowest BCUT2D eigenvalue weighted by atomic mass is 9.82. The predicted molar refractivity (Wildman–Crippen MR) is 74.4 cm³/mol. The molecule has 1 atom stereocenters. The van der Waals surface area contributed by atoms with Crippen LogP contribution >= 0.6 is 0 Å². The Bertz CT molecular complexity index is 280. The van der Waals surface area contributed by atoms with Crippen molar-refractivity contribution in [2.45, 2.75) is 52.4 Å². The average Bonchev–Trinajstić information content (AvgIpc) is 3.06. The normalized spacial score (nSPS) is 26.8. The summed E-state index contributed by atoms with van der Waals surface area (Å²) >= 11 is 0. The molecule has 1 N–H and O–H groups in total. The summed E-state index contributed by atoms with van der Waals surface area (Å²) < 4.78 is 0. The molecule has 104 valence electrons. The minimum absolute atomic E-state index is 0.394. The molecule has 2 rings (SSSR count). The van der Waals surface area contributed by atoms with Crippen molar-refractivity contribution in [3.63, 3.8) is 0 Å². The van der Waals surface area contributed by atoms with E-state index in [4.69, 9.17) is 0 Å². The van der Waals surface area contributed by atoms with Gasteiger partial charge in [0.2, 0.25) is 5.91 Å². The molecular formula is C15H28N2O. The second-order valence-corrected chi connectivity index (χ2v) is 6.17. The summed E-state index contributed by atoms with van der Waals surface area (Å²) in [4.78, 5) is 14.3. The molecule has 18 heavy (non-hydrogen) atoms. The maximum Gasteiger partial charge on any atom is 0.222 e. The Kier molecular flexibility index (Phi) is 4.66. The Hall–Kier alpha value is -0.570. The second kappa shape index (κ2) is 6.05. The third kappa shape index (κ3) is 3.05. The van der Waals surface area contributed by atoms with Crippen molar-refractivity contribution in [3.8, 4) is 0 Å². The Morgan fingerprint density at radius 3 is 2.72 bits per heavy atom. The fourth-order valence-electron chi connectivity index (χ4n) is 3.42. The number of carbonyl (C=O) groups excluding carboxylic acids is 1. The van der Waals surface area contributed by atoms with Gasteiger partial charge in [-0.25, -0.2) is 0 Å². The molecule has 3 heteroatoms. The van der Waals surface area contributed by atoms with Gasteiger partial charge in [0.15, 0.2) is 0 Å². The quantitative estimate of drug-likeness (QED) is 0.815. The summed E-state index contributed by atoms with van der Waals surface area (Å²) in [6.45, 7) is 8.77. The lowest BCUT2D eigenvalue weighted by Crippen LogP contribution is -2.32. The third-order valence-corrected chi connectivity index (χ3v) is 5.22. The molecule has 2 aliphatic heterocycles. The Balaban J connectivity index is 1.76. The second-order valence-electron chi connectivity index (χ2n) is 6.17. The number of nitrogens with zero attached hydrogens (tertiary/aromatic N) is 1. The molecule has 1 unspecified atom stereocenters. The van der Waals surface area contributed by atoms with Crippen LogP contribution in [0.25, 0.3) is 0 Å². The van der Waals surface area contributed by atoms with Gasteiger partial charge in [0.25, 0.3) is 0 Å². The number of rotatable bonds is 5. The highest BCUT2D eigenvalue weighted by Crippen LogP contribution is 2.37. The van der Waals surface area contributed by atoms with E-state index in [1.165, 1.54) is 25.7 Å². The highest BCUT2D eigenvalue weighted by molar-refractivity contribution is 5.76. The van der Waals surface area contributed by atoms with Crippen LogP contribution in [0.1, 0.15) is 52.4 Å². The highest BCUT2D eigenvalue weighted by Gasteiger charge is 2.36. The van der Waals surface area contributed by atoms with E-state index < -0.39 is 0 Å². The van der Waals surface area contributed by atoms with Gasteiger partial charge in [-0.2, -0.15) is 0 Å². The van der Waals surface area contributed by atoms with Crippen LogP contribution in [0.15, 0.2) is 0 Å². The van der Waals surface area contributed by atoms with Crippen molar-refractivity contribution in [2.75, 3.05) is 26.2 Å². The zero-order valence-corrected chi connectivity index (χ0v) is 12.0. The zero-order valence-electron chi connectivity index (χ0n) is 12.0. The van der Waals surface area contributed by atoms with Crippen molar-refractivity contribution < 1.29 is 4.79 Å². The monoisotopic (exact) mass is 252 g/mol. The van der Waals surface area contributed by atoms with Gasteiger partial charge < -0.3 is 10.2 Å². The van der Waals surface area contributed by atoms with E-state index in [1.54, 1.807) is 0 Å². The minimum atomic E-state index is 0.394. The molecule has 0 radical (unpaired) electrons. The molecule has 0 saturated carbocycles. The van der Waals surface area contributed by atoms with E-state index in [1.807, 2.05) is 0 Å². The fraction of sp³-hybridized carbons (Fsp3) is 0.933. The molecule has 2 fully saturated rings. The molecule has 0 aromatic heterocycles. The maximum absolute atomic E-state index is 12.2. The van der Waals surface area contributed by atoms with E-state index in [9.17, 15) is 4.79 Å². The number of amides is 1. The number of likely N-dealkylation sites (tertiary alicyclic amines) is 1. The van der Waals surface area contributed by atoms with Crippen LogP contribution in [0.5, 0.6) is 0 Å². The van der Waals surface area contributed by atoms with Crippen LogP contribution < -0.4 is 5.32 Å². The van der Waals surface area contributed by atoms with Crippen molar-refractivity contribution in [2.24, 2.45) is 11.3 Å². The van der Waals surface area contributed by atoms with Gasteiger partial charge in [-0.15, -0.1) is 0 Å². The lowest BCUT2D eigenvalue weighted by molar-refractivity contribution is -0.130. The van der Waals surface area contributed by atoms with Crippen LogP contribution in [0.3, 0.4) is 0 Å². The molecule has 0 spiro atoms. The van der Waals surface area contributed by atoms with Gasteiger partial charge in [0.1, 0.15) is 0 Å². The lowest BCUT2D eigenvalue weighted by Gasteiger charge is -2.26. The summed E-state index contributed by atoms with van der Waals surface area (Å²) in [6.07, 6.45) is 6.71. The Morgan fingerprint density at radius 2 is 2.17 bits per heavy atom. The van der Waals surface area contributed by atoms with E-state index in [-0.39, 0.29) is 0 Å². The molecule has 0 aromatic carbocycles. The van der Waals surface area contributed by atoms with E-state index in [0.29, 0.717) is 11.3 Å². The first-order valence-electron chi connectivity index (χ1n) is 7.67. The van der Waals surface area contributed by atoms with Crippen LogP contribution in [0.2, 0.25) is 0 Å². The topological polar surface area (TPSA) is 32.3 Å². The average molecular weight is 252 g/mol. The first-order chi connectivity index (χ1) is 8.69. The van der Waals surface area contributed by atoms with Crippen molar-refractivity contribution in [1.82, 2.24) is 10.2 Å². The van der Waals surface area contributed by atoms with E-state index >= 15 is 0 Å². The van der Waals surface area contributed by atoms with Crippen molar-refractivity contribution >= 4 is 5.91 Å². The summed E-state index contributed by atoms with van der Waals surface area (Å²) in [7, 11) is 0. The Morgan fingerprint density at radius 1 is 1.39 bits per heavy atom. The number of hydrogen-bond donors (Lipinski definition) is 1. The van der Waals surface area contributed by atoms with Gasteiger partial charge in [-0.1, -0.05) is 13.8 Å². The highest BCUT2D eigenvalue weighted by atomic mass is 16.2. The summed E-state index contributed by atoms with van der Waals surface area (Å²) in [5.74, 6) is 1.13. The third-order valence-electron chi connectivity index (χ3n) is 5.22. The van der Waals surface area contributed by atoms with Crippen LogP contribution in [-0.2, 0) is 4.79 Å². The fourth-order valence-corrected chi connectivity index (χ4v) is 3.42. The van der Waals surface area contributed by atoms with Gasteiger partial charge in [-0.05, 0) is 56.5 Å². The van der Waals surface area contributed by atoms with Crippen LogP contribution in [-0.4, -0.2) is 37.0 Å². The predicted octanol–water partition coefficient (Wildman–Crippen LogP) is 2.41. The molecule has 0 aromatic rings. The van der Waals surface area contributed by atoms with Gasteiger partial charge in [0, 0.05) is 19.5 Å². The summed E-state index contributed by atoms with van der Waals surface area (Å²) in [5, 5.41) is 3.37. The number of nitrogens with one attached hydrogen (secondary N) is 1. The molecule has 2 aliphatic rings. The maximum atomic E-state index is 12.2. The van der Waals surface area contributed by atoms with E-state index in [0.717, 1.165) is 44.9 Å².